The summed E-state index contributed by atoms with van der Waals surface area (Å²) in [5.41, 5.74) is 1.78. The molecule has 0 atom stereocenters. The molecule has 8 heteroatoms. The molecule has 2 heterocycles. The molecule has 1 aromatic heterocycles. The van der Waals surface area contributed by atoms with E-state index < -0.39 is 21.6 Å². The van der Waals surface area contributed by atoms with Gasteiger partial charge in [0, 0.05) is 12.7 Å². The summed E-state index contributed by atoms with van der Waals surface area (Å²) < 4.78 is 41.2. The van der Waals surface area contributed by atoms with Crippen molar-refractivity contribution in [3.05, 3.63) is 99.0 Å². The second-order valence-corrected chi connectivity index (χ2v) is 9.23. The van der Waals surface area contributed by atoms with E-state index in [0.29, 0.717) is 22.7 Å². The number of anilines is 1. The molecule has 148 valence electrons. The third kappa shape index (κ3) is 3.81. The maximum Gasteiger partial charge on any atom is 0.270 e. The highest BCUT2D eigenvalue weighted by Gasteiger charge is 2.41. The molecule has 4 rings (SSSR count). The van der Waals surface area contributed by atoms with Gasteiger partial charge in [0.05, 0.1) is 12.2 Å². The number of halogens is 1. The van der Waals surface area contributed by atoms with Gasteiger partial charge in [0.25, 0.3) is 10.0 Å². The predicted octanol–water partition coefficient (Wildman–Crippen LogP) is 4.05. The van der Waals surface area contributed by atoms with Gasteiger partial charge in [-0.15, -0.1) is 11.3 Å². The van der Waals surface area contributed by atoms with Gasteiger partial charge in [-0.3, -0.25) is 9.10 Å². The molecule has 0 saturated carbocycles. The van der Waals surface area contributed by atoms with Crippen LogP contribution in [0, 0.1) is 5.82 Å². The lowest BCUT2D eigenvalue weighted by molar-refractivity contribution is 0.104. The summed E-state index contributed by atoms with van der Waals surface area (Å²) in [4.78, 5) is 12.9. The van der Waals surface area contributed by atoms with Crippen LogP contribution >= 0.6 is 11.3 Å². The quantitative estimate of drug-likeness (QED) is 0.623. The molecule has 1 aliphatic heterocycles. The lowest BCUT2D eigenvalue weighted by Crippen LogP contribution is -2.38. The van der Waals surface area contributed by atoms with Crippen LogP contribution in [-0.2, 0) is 23.1 Å². The Labute approximate surface area is 172 Å². The minimum atomic E-state index is -4.10. The first-order valence-corrected chi connectivity index (χ1v) is 11.2. The molecule has 0 aliphatic carbocycles. The number of hydrogen-bond acceptors (Lipinski definition) is 5. The van der Waals surface area contributed by atoms with Crippen LogP contribution in [0.5, 0.6) is 0 Å². The van der Waals surface area contributed by atoms with Crippen molar-refractivity contribution in [3.63, 3.8) is 0 Å². The van der Waals surface area contributed by atoms with Crippen molar-refractivity contribution in [1.29, 1.82) is 0 Å². The topological polar surface area (TPSA) is 66.5 Å². The summed E-state index contributed by atoms with van der Waals surface area (Å²) in [6.45, 7) is 0.321. The molecule has 5 nitrogen and oxygen atoms in total. The molecular weight excluding hydrogens is 411 g/mol. The minimum Gasteiger partial charge on any atom is -0.386 e. The number of ketones is 1. The summed E-state index contributed by atoms with van der Waals surface area (Å²) in [6, 6.07) is 16.8. The van der Waals surface area contributed by atoms with Gasteiger partial charge in [0.1, 0.15) is 10.7 Å². The molecule has 2 aromatic carbocycles. The van der Waals surface area contributed by atoms with Crippen LogP contribution in [0.3, 0.4) is 0 Å². The lowest BCUT2D eigenvalue weighted by Gasteiger charge is -2.29. The normalized spacial score (nSPS) is 16.7. The molecule has 0 spiro atoms. The van der Waals surface area contributed by atoms with Crippen molar-refractivity contribution in [2.75, 3.05) is 4.31 Å². The van der Waals surface area contributed by atoms with E-state index in [2.05, 4.69) is 5.32 Å². The molecule has 1 aliphatic rings. The molecule has 3 aromatic rings. The van der Waals surface area contributed by atoms with Gasteiger partial charge >= 0.3 is 0 Å². The standard InChI is InChI=1S/C21H17FN2O3S2/c22-17-8-4-7-16(11-17)14-24-18-9-10-28-21(18)20(25)19(29(24,26)27)13-23-12-15-5-2-1-3-6-15/h1-11,13,23H,12,14H2/b19-13-. The summed E-state index contributed by atoms with van der Waals surface area (Å²) >= 11 is 1.19. The van der Waals surface area contributed by atoms with Gasteiger partial charge in [-0.25, -0.2) is 12.8 Å². The molecule has 29 heavy (non-hydrogen) atoms. The van der Waals surface area contributed by atoms with E-state index in [9.17, 15) is 17.6 Å². The van der Waals surface area contributed by atoms with Crippen molar-refractivity contribution >= 4 is 32.8 Å². The van der Waals surface area contributed by atoms with Gasteiger partial charge in [0.15, 0.2) is 4.91 Å². The van der Waals surface area contributed by atoms with Gasteiger partial charge in [0.2, 0.25) is 5.78 Å². The van der Waals surface area contributed by atoms with Gasteiger partial charge in [-0.2, -0.15) is 0 Å². The van der Waals surface area contributed by atoms with Crippen molar-refractivity contribution < 1.29 is 17.6 Å². The Kier molecular flexibility index (Phi) is 5.21. The Morgan fingerprint density at radius 2 is 1.79 bits per heavy atom. The number of rotatable bonds is 5. The van der Waals surface area contributed by atoms with E-state index >= 15 is 0 Å². The van der Waals surface area contributed by atoms with Crippen molar-refractivity contribution in [3.8, 4) is 0 Å². The number of nitrogens with one attached hydrogen (secondary N) is 1. The van der Waals surface area contributed by atoms with E-state index in [1.807, 2.05) is 30.3 Å². The second kappa shape index (κ2) is 7.81. The summed E-state index contributed by atoms with van der Waals surface area (Å²) in [5, 5.41) is 4.61. The van der Waals surface area contributed by atoms with Crippen molar-refractivity contribution in [2.24, 2.45) is 0 Å². The molecule has 0 unspecified atom stereocenters. The Balaban J connectivity index is 1.68. The number of nitrogens with zero attached hydrogens (tertiary/aromatic N) is 1. The molecular formula is C21H17FN2O3S2. The number of thiophene rings is 1. The maximum absolute atomic E-state index is 13.6. The monoisotopic (exact) mass is 428 g/mol. The van der Waals surface area contributed by atoms with E-state index in [-0.39, 0.29) is 11.4 Å². The van der Waals surface area contributed by atoms with Crippen LogP contribution in [-0.4, -0.2) is 14.2 Å². The number of benzene rings is 2. The Morgan fingerprint density at radius 3 is 2.55 bits per heavy atom. The van der Waals surface area contributed by atoms with E-state index in [0.717, 1.165) is 9.87 Å². The highest BCUT2D eigenvalue weighted by atomic mass is 32.2. The molecule has 0 radical (unpaired) electrons. The van der Waals surface area contributed by atoms with Crippen LogP contribution in [0.1, 0.15) is 20.8 Å². The van der Waals surface area contributed by atoms with Gasteiger partial charge in [-0.05, 0) is 34.7 Å². The fourth-order valence-corrected chi connectivity index (χ4v) is 5.62. The van der Waals surface area contributed by atoms with Crippen LogP contribution in [0.15, 0.2) is 77.1 Å². The zero-order valence-corrected chi connectivity index (χ0v) is 16.8. The zero-order valence-electron chi connectivity index (χ0n) is 15.2. The number of carbonyl (C=O) groups is 1. The van der Waals surface area contributed by atoms with Gasteiger partial charge in [-0.1, -0.05) is 42.5 Å². The van der Waals surface area contributed by atoms with Crippen LogP contribution in [0.4, 0.5) is 10.1 Å². The summed E-state index contributed by atoms with van der Waals surface area (Å²) in [6.07, 6.45) is 1.26. The van der Waals surface area contributed by atoms with E-state index in [4.69, 9.17) is 0 Å². The number of fused-ring (bicyclic) bond motifs is 1. The first kappa shape index (κ1) is 19.4. The third-order valence-corrected chi connectivity index (χ3v) is 7.18. The second-order valence-electron chi connectivity index (χ2n) is 6.48. The number of hydrogen-bond donors (Lipinski definition) is 1. The SMILES string of the molecule is O=C1/C(=C/NCc2ccccc2)S(=O)(=O)N(Cc2cccc(F)c2)c2ccsc21. The molecule has 0 bridgehead atoms. The Morgan fingerprint density at radius 1 is 1.03 bits per heavy atom. The fourth-order valence-electron chi connectivity index (χ4n) is 3.11. The van der Waals surface area contributed by atoms with Crippen LogP contribution in [0.25, 0.3) is 0 Å². The van der Waals surface area contributed by atoms with E-state index in [1.165, 1.54) is 35.7 Å². The van der Waals surface area contributed by atoms with Crippen molar-refractivity contribution in [1.82, 2.24) is 5.32 Å². The number of allylic oxidation sites excluding steroid dienone is 1. The molecule has 0 saturated heterocycles. The maximum atomic E-state index is 13.6. The lowest BCUT2D eigenvalue weighted by atomic mass is 10.2. The van der Waals surface area contributed by atoms with Crippen molar-refractivity contribution in [2.45, 2.75) is 13.1 Å². The third-order valence-electron chi connectivity index (χ3n) is 4.51. The highest BCUT2D eigenvalue weighted by molar-refractivity contribution is 7.97. The summed E-state index contributed by atoms with van der Waals surface area (Å²) in [7, 11) is -4.10. The highest BCUT2D eigenvalue weighted by Crippen LogP contribution is 2.39. The Bertz CT molecular complexity index is 1190. The average molecular weight is 429 g/mol. The largest absolute Gasteiger partial charge is 0.386 e. The number of carbonyl (C=O) groups excluding carboxylic acids is 1. The predicted molar refractivity (Wildman–Crippen MR) is 112 cm³/mol. The first-order valence-electron chi connectivity index (χ1n) is 8.83. The summed E-state index contributed by atoms with van der Waals surface area (Å²) in [5.74, 6) is -0.982. The molecule has 0 amide bonds. The fraction of sp³-hybridized carbons (Fsp3) is 0.0952. The molecule has 1 N–H and O–H groups in total. The van der Waals surface area contributed by atoms with Crippen LogP contribution < -0.4 is 9.62 Å². The Hall–Kier alpha value is -2.97. The van der Waals surface area contributed by atoms with Gasteiger partial charge < -0.3 is 5.32 Å². The smallest absolute Gasteiger partial charge is 0.270 e. The first-order chi connectivity index (χ1) is 14.0. The number of Topliss-reactive ketones (excluding diaryl/α,β-unsaturated/α-hetero) is 1. The number of sulfonamides is 1. The van der Waals surface area contributed by atoms with Crippen LogP contribution in [0.2, 0.25) is 0 Å². The average Bonchev–Trinajstić information content (AvgIpc) is 3.18. The zero-order chi connectivity index (χ0) is 20.4. The van der Waals surface area contributed by atoms with E-state index in [1.54, 1.807) is 17.5 Å². The minimum absolute atomic E-state index is 0.0624. The molecule has 0 fully saturated rings.